The second-order valence-corrected chi connectivity index (χ2v) is 10.1. The fraction of sp³-hybridized carbons (Fsp3) is 0.615. The van der Waals surface area contributed by atoms with E-state index in [-0.39, 0.29) is 5.91 Å². The van der Waals surface area contributed by atoms with E-state index in [1.54, 1.807) is 34.6 Å². The SMILES string of the molecule is CCCCNC(=O)C(c1c(C)cccc1C)N(C(=O)C(CC(N)=O)NC(=O)OC(C)(C)C)C(C)C. The van der Waals surface area contributed by atoms with Crippen LogP contribution >= 0.6 is 0 Å². The van der Waals surface area contributed by atoms with Crippen LogP contribution in [0.3, 0.4) is 0 Å². The molecule has 0 aromatic heterocycles. The minimum absolute atomic E-state index is 0.326. The summed E-state index contributed by atoms with van der Waals surface area (Å²) in [6.07, 6.45) is 0.419. The molecule has 0 heterocycles. The molecule has 9 heteroatoms. The summed E-state index contributed by atoms with van der Waals surface area (Å²) in [6.45, 7) is 14.9. The van der Waals surface area contributed by atoms with Crippen LogP contribution in [0.15, 0.2) is 18.2 Å². The van der Waals surface area contributed by atoms with Gasteiger partial charge in [0.15, 0.2) is 0 Å². The van der Waals surface area contributed by atoms with Crippen LogP contribution in [-0.2, 0) is 19.1 Å². The van der Waals surface area contributed by atoms with Crippen molar-refractivity contribution in [3.63, 3.8) is 0 Å². The number of nitrogens with zero attached hydrogens (tertiary/aromatic N) is 1. The number of benzene rings is 1. The second kappa shape index (κ2) is 13.1. The molecule has 0 saturated carbocycles. The number of carbonyl (C=O) groups is 4. The molecule has 0 radical (unpaired) electrons. The van der Waals surface area contributed by atoms with E-state index >= 15 is 0 Å². The second-order valence-electron chi connectivity index (χ2n) is 10.1. The molecule has 0 bridgehead atoms. The number of ether oxygens (including phenoxy) is 1. The highest BCUT2D eigenvalue weighted by molar-refractivity contribution is 5.95. The molecule has 0 aliphatic carbocycles. The molecule has 0 fully saturated rings. The van der Waals surface area contributed by atoms with Gasteiger partial charge in [0, 0.05) is 12.6 Å². The third-order valence-corrected chi connectivity index (χ3v) is 5.38. The lowest BCUT2D eigenvalue weighted by atomic mass is 9.92. The zero-order chi connectivity index (χ0) is 26.9. The number of hydrogen-bond acceptors (Lipinski definition) is 5. The molecule has 0 aliphatic rings. The molecule has 0 aliphatic heterocycles. The molecule has 2 atom stereocenters. The van der Waals surface area contributed by atoms with E-state index in [2.05, 4.69) is 10.6 Å². The van der Waals surface area contributed by atoms with Crippen LogP contribution in [0.5, 0.6) is 0 Å². The number of aryl methyl sites for hydroxylation is 2. The van der Waals surface area contributed by atoms with Crippen LogP contribution in [0.25, 0.3) is 0 Å². The molecule has 0 spiro atoms. The third kappa shape index (κ3) is 9.22. The molecule has 2 unspecified atom stereocenters. The average molecular weight is 491 g/mol. The van der Waals surface area contributed by atoms with Gasteiger partial charge in [-0.15, -0.1) is 0 Å². The van der Waals surface area contributed by atoms with Crippen LogP contribution < -0.4 is 16.4 Å². The number of nitrogens with two attached hydrogens (primary N) is 1. The summed E-state index contributed by atoms with van der Waals surface area (Å²) < 4.78 is 5.28. The van der Waals surface area contributed by atoms with Crippen LogP contribution in [-0.4, -0.2) is 52.9 Å². The van der Waals surface area contributed by atoms with Gasteiger partial charge < -0.3 is 26.0 Å². The standard InChI is InChI=1S/C26H42N4O5/c1-9-10-14-28-23(32)22(21-17(4)12-11-13-18(21)5)30(16(2)3)24(33)19(15-20(27)31)29-25(34)35-26(6,7)8/h11-13,16,19,22H,9-10,14-15H2,1-8H3,(H2,27,31)(H,28,32)(H,29,34). The van der Waals surface area contributed by atoms with Gasteiger partial charge in [-0.25, -0.2) is 4.79 Å². The van der Waals surface area contributed by atoms with E-state index < -0.39 is 48.1 Å². The predicted molar refractivity (Wildman–Crippen MR) is 136 cm³/mol. The summed E-state index contributed by atoms with van der Waals surface area (Å²) >= 11 is 0. The zero-order valence-electron chi connectivity index (χ0n) is 22.4. The Morgan fingerprint density at radius 3 is 2.11 bits per heavy atom. The first-order valence-electron chi connectivity index (χ1n) is 12.1. The Balaban J connectivity index is 3.52. The van der Waals surface area contributed by atoms with Crippen LogP contribution in [0, 0.1) is 13.8 Å². The maximum Gasteiger partial charge on any atom is 0.408 e. The molecule has 1 aromatic carbocycles. The summed E-state index contributed by atoms with van der Waals surface area (Å²) in [5.41, 5.74) is 7.01. The Morgan fingerprint density at radius 1 is 1.09 bits per heavy atom. The Bertz CT molecular complexity index is 887. The molecule has 1 rings (SSSR count). The highest BCUT2D eigenvalue weighted by Crippen LogP contribution is 2.30. The minimum Gasteiger partial charge on any atom is -0.444 e. The van der Waals surface area contributed by atoms with Crippen LogP contribution in [0.2, 0.25) is 0 Å². The molecule has 0 saturated heterocycles. The van der Waals surface area contributed by atoms with E-state index in [1.165, 1.54) is 4.90 Å². The number of amides is 4. The van der Waals surface area contributed by atoms with Crippen molar-refractivity contribution in [2.45, 2.75) is 98.4 Å². The Kier molecular flexibility index (Phi) is 11.2. The molecule has 4 N–H and O–H groups in total. The molecule has 35 heavy (non-hydrogen) atoms. The average Bonchev–Trinajstić information content (AvgIpc) is 2.70. The van der Waals surface area contributed by atoms with Gasteiger partial charge in [-0.1, -0.05) is 31.5 Å². The monoisotopic (exact) mass is 490 g/mol. The number of carbonyl (C=O) groups excluding carboxylic acids is 4. The van der Waals surface area contributed by atoms with E-state index in [0.29, 0.717) is 12.1 Å². The fourth-order valence-electron chi connectivity index (χ4n) is 3.85. The molecule has 4 amide bonds. The lowest BCUT2D eigenvalue weighted by Gasteiger charge is -2.38. The third-order valence-electron chi connectivity index (χ3n) is 5.38. The Hall–Kier alpha value is -3.10. The number of rotatable bonds is 11. The highest BCUT2D eigenvalue weighted by atomic mass is 16.6. The van der Waals surface area contributed by atoms with Gasteiger partial charge in [-0.2, -0.15) is 0 Å². The van der Waals surface area contributed by atoms with Gasteiger partial charge in [-0.05, 0) is 71.6 Å². The van der Waals surface area contributed by atoms with Crippen molar-refractivity contribution in [1.29, 1.82) is 0 Å². The van der Waals surface area contributed by atoms with E-state index in [4.69, 9.17) is 10.5 Å². The quantitative estimate of drug-likeness (QED) is 0.410. The number of hydrogen-bond donors (Lipinski definition) is 3. The normalized spacial score (nSPS) is 13.1. The van der Waals surface area contributed by atoms with Crippen molar-refractivity contribution in [2.24, 2.45) is 5.73 Å². The summed E-state index contributed by atoms with van der Waals surface area (Å²) in [5.74, 6) is -1.69. The van der Waals surface area contributed by atoms with Gasteiger partial charge in [0.25, 0.3) is 0 Å². The maximum atomic E-state index is 13.9. The molecular formula is C26H42N4O5. The smallest absolute Gasteiger partial charge is 0.408 e. The Labute approximate surface area is 209 Å². The Morgan fingerprint density at radius 2 is 1.66 bits per heavy atom. The fourth-order valence-corrected chi connectivity index (χ4v) is 3.85. The van der Waals surface area contributed by atoms with Gasteiger partial charge in [0.2, 0.25) is 17.7 Å². The van der Waals surface area contributed by atoms with Crippen molar-refractivity contribution in [3.8, 4) is 0 Å². The zero-order valence-corrected chi connectivity index (χ0v) is 22.4. The molecule has 1 aromatic rings. The van der Waals surface area contributed by atoms with Crippen LogP contribution in [0.1, 0.15) is 83.5 Å². The van der Waals surface area contributed by atoms with Crippen molar-refractivity contribution in [1.82, 2.24) is 15.5 Å². The van der Waals surface area contributed by atoms with Gasteiger partial charge in [0.1, 0.15) is 17.7 Å². The first-order valence-corrected chi connectivity index (χ1v) is 12.1. The molecular weight excluding hydrogens is 448 g/mol. The molecule has 9 nitrogen and oxygen atoms in total. The number of alkyl carbamates (subject to hydrolysis) is 1. The van der Waals surface area contributed by atoms with Crippen molar-refractivity contribution < 1.29 is 23.9 Å². The van der Waals surface area contributed by atoms with Gasteiger partial charge in [-0.3, -0.25) is 14.4 Å². The first kappa shape index (κ1) is 29.9. The van der Waals surface area contributed by atoms with E-state index in [9.17, 15) is 19.2 Å². The first-order chi connectivity index (χ1) is 16.2. The van der Waals surface area contributed by atoms with Crippen molar-refractivity contribution >= 4 is 23.8 Å². The highest BCUT2D eigenvalue weighted by Gasteiger charge is 2.39. The lowest BCUT2D eigenvalue weighted by Crippen LogP contribution is -2.56. The largest absolute Gasteiger partial charge is 0.444 e. The summed E-state index contributed by atoms with van der Waals surface area (Å²) in [5, 5.41) is 5.42. The lowest BCUT2D eigenvalue weighted by molar-refractivity contribution is -0.145. The maximum absolute atomic E-state index is 13.9. The number of unbranched alkanes of at least 4 members (excludes halogenated alkanes) is 1. The topological polar surface area (TPSA) is 131 Å². The van der Waals surface area contributed by atoms with Crippen molar-refractivity contribution in [3.05, 3.63) is 34.9 Å². The summed E-state index contributed by atoms with van der Waals surface area (Å²) in [7, 11) is 0. The van der Waals surface area contributed by atoms with Crippen molar-refractivity contribution in [2.75, 3.05) is 6.54 Å². The van der Waals surface area contributed by atoms with E-state index in [0.717, 1.165) is 24.0 Å². The van der Waals surface area contributed by atoms with Gasteiger partial charge >= 0.3 is 6.09 Å². The summed E-state index contributed by atoms with van der Waals surface area (Å²) in [6, 6.07) is 2.98. The molecule has 196 valence electrons. The number of nitrogens with one attached hydrogen (secondary N) is 2. The summed E-state index contributed by atoms with van der Waals surface area (Å²) in [4.78, 5) is 53.1. The van der Waals surface area contributed by atoms with Crippen LogP contribution in [0.4, 0.5) is 4.79 Å². The minimum atomic E-state index is -1.29. The van der Waals surface area contributed by atoms with Gasteiger partial charge in [0.05, 0.1) is 6.42 Å². The number of primary amides is 1. The van der Waals surface area contributed by atoms with E-state index in [1.807, 2.05) is 39.0 Å². The predicted octanol–water partition coefficient (Wildman–Crippen LogP) is 3.27.